The topological polar surface area (TPSA) is 84.9 Å². The Bertz CT molecular complexity index is 268. The molecule has 1 rings (SSSR count). The van der Waals surface area contributed by atoms with E-state index in [4.69, 9.17) is 14.6 Å². The van der Waals surface area contributed by atoms with E-state index in [0.717, 1.165) is 0 Å². The van der Waals surface area contributed by atoms with Crippen molar-refractivity contribution in [2.75, 3.05) is 13.7 Å². The summed E-state index contributed by atoms with van der Waals surface area (Å²) in [6.45, 7) is 2.23. The highest BCUT2D eigenvalue weighted by molar-refractivity contribution is 5.82. The van der Waals surface area contributed by atoms with Gasteiger partial charge in [-0.05, 0) is 19.8 Å². The van der Waals surface area contributed by atoms with Gasteiger partial charge in [0.1, 0.15) is 6.10 Å². The summed E-state index contributed by atoms with van der Waals surface area (Å²) in [6.07, 6.45) is -0.678. The largest absolute Gasteiger partial charge is 0.479 e. The van der Waals surface area contributed by atoms with Crippen molar-refractivity contribution in [3.8, 4) is 0 Å². The average Bonchev–Trinajstić information content (AvgIpc) is 2.66. The molecule has 1 saturated heterocycles. The Balaban J connectivity index is 2.36. The van der Waals surface area contributed by atoms with Gasteiger partial charge in [0, 0.05) is 13.2 Å². The molecule has 0 spiro atoms. The van der Waals surface area contributed by atoms with Crippen LogP contribution in [-0.4, -0.2) is 48.9 Å². The van der Waals surface area contributed by atoms with E-state index < -0.39 is 18.2 Å². The molecule has 0 aromatic carbocycles. The van der Waals surface area contributed by atoms with E-state index in [0.29, 0.717) is 19.4 Å². The number of aliphatic carboxylic acids is 1. The first-order chi connectivity index (χ1) is 7.54. The number of rotatable bonds is 5. The fourth-order valence-corrected chi connectivity index (χ4v) is 1.64. The van der Waals surface area contributed by atoms with E-state index in [1.807, 2.05) is 6.92 Å². The number of ether oxygens (including phenoxy) is 2. The lowest BCUT2D eigenvalue weighted by Gasteiger charge is -2.16. The first kappa shape index (κ1) is 12.9. The van der Waals surface area contributed by atoms with Gasteiger partial charge in [-0.2, -0.15) is 0 Å². The number of hydrogen-bond acceptors (Lipinski definition) is 4. The fourth-order valence-electron chi connectivity index (χ4n) is 1.64. The van der Waals surface area contributed by atoms with Crippen LogP contribution in [0.1, 0.15) is 19.8 Å². The molecule has 0 saturated carbocycles. The highest BCUT2D eigenvalue weighted by Gasteiger charge is 2.34. The number of amides is 1. The first-order valence-corrected chi connectivity index (χ1v) is 5.22. The second-order valence-corrected chi connectivity index (χ2v) is 3.89. The summed E-state index contributed by atoms with van der Waals surface area (Å²) in [7, 11) is 1.55. The minimum atomic E-state index is -1.01. The smallest absolute Gasteiger partial charge is 0.332 e. The lowest BCUT2D eigenvalue weighted by Crippen LogP contribution is -2.42. The van der Waals surface area contributed by atoms with E-state index >= 15 is 0 Å². The SMILES string of the molecule is COCC(C)NC(=O)C1CCC(C(=O)O)O1. The van der Waals surface area contributed by atoms with Crippen molar-refractivity contribution in [3.63, 3.8) is 0 Å². The molecule has 3 unspecified atom stereocenters. The predicted octanol–water partition coefficient (Wildman–Crippen LogP) is -0.230. The molecule has 0 radical (unpaired) electrons. The molecule has 0 bridgehead atoms. The summed E-state index contributed by atoms with van der Waals surface area (Å²) in [6, 6.07) is -0.107. The molecule has 3 atom stereocenters. The minimum absolute atomic E-state index is 0.107. The molecule has 1 fully saturated rings. The third-order valence-electron chi connectivity index (χ3n) is 2.39. The summed E-state index contributed by atoms with van der Waals surface area (Å²) in [5, 5.41) is 11.4. The van der Waals surface area contributed by atoms with Crippen LogP contribution in [0, 0.1) is 0 Å². The number of carbonyl (C=O) groups is 2. The second-order valence-electron chi connectivity index (χ2n) is 3.89. The molecule has 0 aliphatic carbocycles. The van der Waals surface area contributed by atoms with Crippen molar-refractivity contribution in [3.05, 3.63) is 0 Å². The van der Waals surface area contributed by atoms with Crippen LogP contribution in [-0.2, 0) is 19.1 Å². The maximum absolute atomic E-state index is 11.6. The zero-order chi connectivity index (χ0) is 12.1. The normalized spacial score (nSPS) is 26.4. The van der Waals surface area contributed by atoms with Gasteiger partial charge in [-0.25, -0.2) is 4.79 Å². The molecule has 2 N–H and O–H groups in total. The third-order valence-corrected chi connectivity index (χ3v) is 2.39. The lowest BCUT2D eigenvalue weighted by atomic mass is 10.2. The fraction of sp³-hybridized carbons (Fsp3) is 0.800. The molecule has 1 heterocycles. The van der Waals surface area contributed by atoms with Crippen molar-refractivity contribution in [1.82, 2.24) is 5.32 Å². The zero-order valence-electron chi connectivity index (χ0n) is 9.43. The van der Waals surface area contributed by atoms with Gasteiger partial charge in [-0.15, -0.1) is 0 Å². The molecule has 1 amide bonds. The molecule has 0 aromatic rings. The number of methoxy groups -OCH3 is 1. The summed E-state index contributed by atoms with van der Waals surface area (Å²) in [5.74, 6) is -1.28. The Morgan fingerprint density at radius 3 is 2.62 bits per heavy atom. The van der Waals surface area contributed by atoms with Crippen molar-refractivity contribution in [1.29, 1.82) is 0 Å². The first-order valence-electron chi connectivity index (χ1n) is 5.22. The van der Waals surface area contributed by atoms with E-state index in [1.165, 1.54) is 0 Å². The zero-order valence-corrected chi connectivity index (χ0v) is 9.43. The quantitative estimate of drug-likeness (QED) is 0.682. The number of hydrogen-bond donors (Lipinski definition) is 2. The summed E-state index contributed by atoms with van der Waals surface area (Å²) in [5.41, 5.74) is 0. The van der Waals surface area contributed by atoms with Gasteiger partial charge in [0.25, 0.3) is 0 Å². The Kier molecular flexibility index (Phi) is 4.70. The molecule has 6 heteroatoms. The predicted molar refractivity (Wildman–Crippen MR) is 55.0 cm³/mol. The molecule has 1 aliphatic rings. The van der Waals surface area contributed by atoms with Crippen molar-refractivity contribution in [2.24, 2.45) is 0 Å². The Morgan fingerprint density at radius 2 is 2.12 bits per heavy atom. The Labute approximate surface area is 93.9 Å². The van der Waals surface area contributed by atoms with Crippen molar-refractivity contribution < 1.29 is 24.2 Å². The van der Waals surface area contributed by atoms with Gasteiger partial charge in [0.05, 0.1) is 6.61 Å². The summed E-state index contributed by atoms with van der Waals surface area (Å²) in [4.78, 5) is 22.2. The van der Waals surface area contributed by atoms with Crippen molar-refractivity contribution in [2.45, 2.75) is 38.0 Å². The highest BCUT2D eigenvalue weighted by Crippen LogP contribution is 2.19. The van der Waals surface area contributed by atoms with Crippen LogP contribution >= 0.6 is 0 Å². The van der Waals surface area contributed by atoms with Gasteiger partial charge in [0.15, 0.2) is 6.10 Å². The van der Waals surface area contributed by atoms with E-state index in [9.17, 15) is 9.59 Å². The summed E-state index contributed by atoms with van der Waals surface area (Å²) >= 11 is 0. The van der Waals surface area contributed by atoms with E-state index in [1.54, 1.807) is 7.11 Å². The molecule has 0 aromatic heterocycles. The van der Waals surface area contributed by atoms with Gasteiger partial charge in [-0.1, -0.05) is 0 Å². The number of carbonyl (C=O) groups excluding carboxylic acids is 1. The van der Waals surface area contributed by atoms with E-state index in [-0.39, 0.29) is 11.9 Å². The monoisotopic (exact) mass is 231 g/mol. The van der Waals surface area contributed by atoms with Crippen LogP contribution in [0.25, 0.3) is 0 Å². The maximum Gasteiger partial charge on any atom is 0.332 e. The Hall–Kier alpha value is -1.14. The minimum Gasteiger partial charge on any atom is -0.479 e. The molecular formula is C10H17NO5. The van der Waals surface area contributed by atoms with Crippen LogP contribution in [0.15, 0.2) is 0 Å². The number of nitrogens with one attached hydrogen (secondary N) is 1. The second kappa shape index (κ2) is 5.81. The van der Waals surface area contributed by atoms with Crippen LogP contribution in [0.5, 0.6) is 0 Å². The van der Waals surface area contributed by atoms with Crippen molar-refractivity contribution >= 4 is 11.9 Å². The average molecular weight is 231 g/mol. The number of carboxylic acid groups (broad SMARTS) is 1. The van der Waals surface area contributed by atoms with Gasteiger partial charge in [-0.3, -0.25) is 4.79 Å². The standard InChI is InChI=1S/C10H17NO5/c1-6(5-15-2)11-9(12)7-3-4-8(16-7)10(13)14/h6-8H,3-5H2,1-2H3,(H,11,12)(H,13,14). The van der Waals surface area contributed by atoms with E-state index in [2.05, 4.69) is 5.32 Å². The molecule has 16 heavy (non-hydrogen) atoms. The van der Waals surface area contributed by atoms with Crippen LogP contribution < -0.4 is 5.32 Å². The van der Waals surface area contributed by atoms with Gasteiger partial charge in [0.2, 0.25) is 5.91 Å². The van der Waals surface area contributed by atoms with Crippen LogP contribution in [0.4, 0.5) is 0 Å². The highest BCUT2D eigenvalue weighted by atomic mass is 16.5. The van der Waals surface area contributed by atoms with Crippen LogP contribution in [0.3, 0.4) is 0 Å². The third kappa shape index (κ3) is 3.46. The van der Waals surface area contributed by atoms with Gasteiger partial charge >= 0.3 is 5.97 Å². The molecule has 6 nitrogen and oxygen atoms in total. The lowest BCUT2D eigenvalue weighted by molar-refractivity contribution is -0.152. The summed E-state index contributed by atoms with van der Waals surface area (Å²) < 4.78 is 9.99. The molecule has 1 aliphatic heterocycles. The molecule has 92 valence electrons. The Morgan fingerprint density at radius 1 is 1.50 bits per heavy atom. The number of carboxylic acids is 1. The van der Waals surface area contributed by atoms with Gasteiger partial charge < -0.3 is 19.9 Å². The molecular weight excluding hydrogens is 214 g/mol. The maximum atomic E-state index is 11.6. The van der Waals surface area contributed by atoms with Crippen LogP contribution in [0.2, 0.25) is 0 Å².